The number of nitrogens with zero attached hydrogens (tertiary/aromatic N) is 2. The van der Waals surface area contributed by atoms with Gasteiger partial charge in [-0.15, -0.1) is 0 Å². The van der Waals surface area contributed by atoms with Crippen molar-refractivity contribution in [2.75, 3.05) is 16.8 Å². The molecule has 2 N–H and O–H groups in total. The molecule has 9 heteroatoms. The fraction of sp³-hybridized carbons (Fsp3) is 0.185. The monoisotopic (exact) mass is 504 g/mol. The summed E-state index contributed by atoms with van der Waals surface area (Å²) in [5, 5.41) is 7.32. The molecule has 1 atom stereocenters. The van der Waals surface area contributed by atoms with Crippen molar-refractivity contribution in [2.24, 2.45) is 5.10 Å². The maximum Gasteiger partial charge on any atom is 0.338 e. The molecule has 3 aromatic rings. The second-order valence-electron chi connectivity index (χ2n) is 8.18. The minimum atomic E-state index is -0.570. The van der Waals surface area contributed by atoms with Crippen LogP contribution in [0.1, 0.15) is 40.7 Å². The van der Waals surface area contributed by atoms with E-state index in [-0.39, 0.29) is 17.4 Å². The van der Waals surface area contributed by atoms with Crippen molar-refractivity contribution in [3.05, 3.63) is 89.2 Å². The number of esters is 1. The van der Waals surface area contributed by atoms with Crippen molar-refractivity contribution in [2.45, 2.75) is 26.2 Å². The first-order chi connectivity index (χ1) is 17.4. The molecule has 184 valence electrons. The van der Waals surface area contributed by atoms with E-state index in [9.17, 15) is 14.0 Å². The Balaban J connectivity index is 1.39. The van der Waals surface area contributed by atoms with E-state index < -0.39 is 17.7 Å². The number of anilines is 3. The van der Waals surface area contributed by atoms with E-state index in [1.165, 1.54) is 12.1 Å². The van der Waals surface area contributed by atoms with Crippen LogP contribution >= 0.6 is 12.2 Å². The van der Waals surface area contributed by atoms with Gasteiger partial charge in [-0.25, -0.2) is 9.18 Å². The average molecular weight is 505 g/mol. The van der Waals surface area contributed by atoms with E-state index in [1.807, 2.05) is 31.2 Å². The highest BCUT2D eigenvalue weighted by Crippen LogP contribution is 2.43. The number of aryl methyl sites for hydroxylation is 1. The summed E-state index contributed by atoms with van der Waals surface area (Å²) in [5.74, 6) is -1.50. The minimum Gasteiger partial charge on any atom is -0.462 e. The molecular weight excluding hydrogens is 479 g/mol. The van der Waals surface area contributed by atoms with Crippen molar-refractivity contribution >= 4 is 52.5 Å². The van der Waals surface area contributed by atoms with E-state index >= 15 is 0 Å². The summed E-state index contributed by atoms with van der Waals surface area (Å²) in [6, 6.07) is 18.7. The van der Waals surface area contributed by atoms with Crippen LogP contribution in [0.5, 0.6) is 0 Å². The molecule has 0 spiro atoms. The Hall–Kier alpha value is -4.11. The van der Waals surface area contributed by atoms with Gasteiger partial charge in [0.2, 0.25) is 5.91 Å². The molecule has 1 amide bonds. The van der Waals surface area contributed by atoms with Gasteiger partial charge < -0.3 is 10.1 Å². The van der Waals surface area contributed by atoms with Gasteiger partial charge in [0.05, 0.1) is 23.8 Å². The third kappa shape index (κ3) is 5.58. The second-order valence-corrected chi connectivity index (χ2v) is 8.58. The summed E-state index contributed by atoms with van der Waals surface area (Å²) in [6.45, 7) is 4.03. The predicted octanol–water partition coefficient (Wildman–Crippen LogP) is 5.44. The van der Waals surface area contributed by atoms with Gasteiger partial charge in [-0.05, 0) is 86.2 Å². The molecule has 36 heavy (non-hydrogen) atoms. The fourth-order valence-corrected chi connectivity index (χ4v) is 4.10. The summed E-state index contributed by atoms with van der Waals surface area (Å²) in [4.78, 5) is 26.7. The molecule has 1 aliphatic rings. The quantitative estimate of drug-likeness (QED) is 0.193. The first-order valence-corrected chi connectivity index (χ1v) is 11.8. The largest absolute Gasteiger partial charge is 0.462 e. The maximum atomic E-state index is 14.0. The van der Waals surface area contributed by atoms with Crippen LogP contribution in [0.3, 0.4) is 0 Å². The summed E-state index contributed by atoms with van der Waals surface area (Å²) in [5.41, 5.74) is 6.92. The Morgan fingerprint density at radius 2 is 1.86 bits per heavy atom. The predicted molar refractivity (Wildman–Crippen MR) is 142 cm³/mol. The fourth-order valence-electron chi connectivity index (χ4n) is 3.93. The topological polar surface area (TPSA) is 83.0 Å². The van der Waals surface area contributed by atoms with E-state index in [1.54, 1.807) is 48.4 Å². The SMILES string of the molecule is CCOC(=O)c1ccc(NC(=S)N/N=C\CC2C(=O)N(c3ccc(C)cc3)c3ccc(F)cc32)cc1. The number of hydrazone groups is 1. The lowest BCUT2D eigenvalue weighted by molar-refractivity contribution is -0.118. The zero-order valence-corrected chi connectivity index (χ0v) is 20.6. The van der Waals surface area contributed by atoms with Gasteiger partial charge in [-0.2, -0.15) is 5.10 Å². The minimum absolute atomic E-state index is 0.145. The van der Waals surface area contributed by atoms with Gasteiger partial charge in [0.25, 0.3) is 0 Å². The maximum absolute atomic E-state index is 14.0. The van der Waals surface area contributed by atoms with Crippen LogP contribution in [0, 0.1) is 12.7 Å². The molecule has 0 radical (unpaired) electrons. The summed E-state index contributed by atoms with van der Waals surface area (Å²) < 4.78 is 19.0. The molecule has 0 saturated heterocycles. The normalized spacial score (nSPS) is 14.6. The van der Waals surface area contributed by atoms with E-state index in [0.29, 0.717) is 29.1 Å². The first kappa shape index (κ1) is 25.0. The Labute approximate surface area is 214 Å². The van der Waals surface area contributed by atoms with Crippen molar-refractivity contribution in [1.29, 1.82) is 0 Å². The Morgan fingerprint density at radius 3 is 2.56 bits per heavy atom. The molecule has 4 rings (SSSR count). The standard InChI is InChI=1S/C27H25FN4O3S/c1-3-35-26(34)18-6-9-20(10-7-18)30-27(36)31-29-15-14-22-23-16-19(28)8-13-24(23)32(25(22)33)21-11-4-17(2)5-12-21/h4-13,15-16,22H,3,14H2,1-2H3,(H2,30,31,36)/b29-15-. The summed E-state index contributed by atoms with van der Waals surface area (Å²) in [6.07, 6.45) is 1.81. The van der Waals surface area contributed by atoms with E-state index in [4.69, 9.17) is 17.0 Å². The summed E-state index contributed by atoms with van der Waals surface area (Å²) in [7, 11) is 0. The molecule has 1 heterocycles. The van der Waals surface area contributed by atoms with Gasteiger partial charge in [0, 0.05) is 24.0 Å². The van der Waals surface area contributed by atoms with Crippen molar-refractivity contribution in [1.82, 2.24) is 5.43 Å². The molecule has 1 aliphatic heterocycles. The number of nitrogens with one attached hydrogen (secondary N) is 2. The first-order valence-electron chi connectivity index (χ1n) is 11.4. The third-order valence-electron chi connectivity index (χ3n) is 5.67. The number of benzene rings is 3. The number of carbonyl (C=O) groups excluding carboxylic acids is 2. The molecule has 0 bridgehead atoms. The van der Waals surface area contributed by atoms with Gasteiger partial charge in [0.15, 0.2) is 5.11 Å². The average Bonchev–Trinajstić information content (AvgIpc) is 3.13. The number of thiocarbonyl (C=S) groups is 1. The molecule has 0 saturated carbocycles. The molecule has 0 fully saturated rings. The van der Waals surface area contributed by atoms with Crippen molar-refractivity contribution in [3.8, 4) is 0 Å². The number of halogens is 1. The zero-order valence-electron chi connectivity index (χ0n) is 19.8. The molecule has 7 nitrogen and oxygen atoms in total. The molecule has 0 aliphatic carbocycles. The second kappa shape index (κ2) is 11.1. The lowest BCUT2D eigenvalue weighted by atomic mass is 9.98. The number of carbonyl (C=O) groups is 2. The number of rotatable bonds is 7. The highest BCUT2D eigenvalue weighted by atomic mass is 32.1. The third-order valence-corrected chi connectivity index (χ3v) is 5.86. The van der Waals surface area contributed by atoms with Gasteiger partial charge in [0.1, 0.15) is 5.82 Å². The van der Waals surface area contributed by atoms with Crippen LogP contribution in [0.4, 0.5) is 21.5 Å². The van der Waals surface area contributed by atoms with E-state index in [2.05, 4.69) is 15.8 Å². The molecular formula is C27H25FN4O3S. The van der Waals surface area contributed by atoms with Gasteiger partial charge >= 0.3 is 5.97 Å². The highest BCUT2D eigenvalue weighted by Gasteiger charge is 2.37. The van der Waals surface area contributed by atoms with Gasteiger partial charge in [-0.1, -0.05) is 17.7 Å². The Bertz CT molecular complexity index is 1310. The van der Waals surface area contributed by atoms with Crippen LogP contribution in [0.15, 0.2) is 71.8 Å². The number of ether oxygens (including phenoxy) is 1. The number of fused-ring (bicyclic) bond motifs is 1. The summed E-state index contributed by atoms with van der Waals surface area (Å²) >= 11 is 5.25. The Morgan fingerprint density at radius 1 is 1.14 bits per heavy atom. The number of hydrogen-bond donors (Lipinski definition) is 2. The molecule has 1 unspecified atom stereocenters. The van der Waals surface area contributed by atoms with Crippen LogP contribution in [0.25, 0.3) is 0 Å². The van der Waals surface area contributed by atoms with Crippen LogP contribution in [-0.4, -0.2) is 29.8 Å². The molecule has 3 aromatic carbocycles. The van der Waals surface area contributed by atoms with Crippen LogP contribution in [0.2, 0.25) is 0 Å². The van der Waals surface area contributed by atoms with Crippen LogP contribution in [-0.2, 0) is 9.53 Å². The number of hydrogen-bond acceptors (Lipinski definition) is 5. The van der Waals surface area contributed by atoms with Gasteiger partial charge in [-0.3, -0.25) is 15.1 Å². The van der Waals surface area contributed by atoms with Crippen molar-refractivity contribution in [3.63, 3.8) is 0 Å². The van der Waals surface area contributed by atoms with Crippen molar-refractivity contribution < 1.29 is 18.7 Å². The van der Waals surface area contributed by atoms with Crippen LogP contribution < -0.4 is 15.6 Å². The number of amides is 1. The van der Waals surface area contributed by atoms with E-state index in [0.717, 1.165) is 11.3 Å². The highest BCUT2D eigenvalue weighted by molar-refractivity contribution is 7.80. The molecule has 0 aromatic heterocycles. The lowest BCUT2D eigenvalue weighted by Crippen LogP contribution is -2.25. The Kier molecular flexibility index (Phi) is 7.70. The zero-order chi connectivity index (χ0) is 25.7. The lowest BCUT2D eigenvalue weighted by Gasteiger charge is -2.18. The smallest absolute Gasteiger partial charge is 0.338 e.